The molecule has 0 aromatic carbocycles. The van der Waals surface area contributed by atoms with Gasteiger partial charge in [-0.05, 0) is 13.8 Å². The van der Waals surface area contributed by atoms with Gasteiger partial charge in [0.05, 0.1) is 5.84 Å². The summed E-state index contributed by atoms with van der Waals surface area (Å²) in [4.78, 5) is 14.9. The molecular weight excluding hydrogens is 180 g/mol. The lowest BCUT2D eigenvalue weighted by atomic mass is 10.3. The smallest absolute Gasteiger partial charge is 0.319 e. The van der Waals surface area contributed by atoms with Crippen molar-refractivity contribution in [3.63, 3.8) is 0 Å². The van der Waals surface area contributed by atoms with Crippen LogP contribution < -0.4 is 5.73 Å². The van der Waals surface area contributed by atoms with Crippen molar-refractivity contribution < 1.29 is 4.79 Å². The molecule has 0 aromatic rings. The van der Waals surface area contributed by atoms with Gasteiger partial charge in [0.1, 0.15) is 0 Å². The van der Waals surface area contributed by atoms with Crippen molar-refractivity contribution in [2.75, 3.05) is 20.6 Å². The SMILES string of the molecule is CC(C)N(CCC(=N)N)C(=O)N(C)C. The van der Waals surface area contributed by atoms with E-state index in [9.17, 15) is 4.79 Å². The molecule has 82 valence electrons. The molecule has 2 amide bonds. The van der Waals surface area contributed by atoms with Crippen LogP contribution in [0.15, 0.2) is 0 Å². The van der Waals surface area contributed by atoms with Gasteiger partial charge in [-0.15, -0.1) is 0 Å². The highest BCUT2D eigenvalue weighted by atomic mass is 16.2. The summed E-state index contributed by atoms with van der Waals surface area (Å²) in [5, 5.41) is 7.10. The molecule has 0 aliphatic heterocycles. The zero-order chi connectivity index (χ0) is 11.3. The Hall–Kier alpha value is -1.26. The summed E-state index contributed by atoms with van der Waals surface area (Å²) >= 11 is 0. The minimum Gasteiger partial charge on any atom is -0.388 e. The topological polar surface area (TPSA) is 73.4 Å². The number of carbonyl (C=O) groups excluding carboxylic acids is 1. The minimum atomic E-state index is -0.0405. The fourth-order valence-corrected chi connectivity index (χ4v) is 1.07. The largest absolute Gasteiger partial charge is 0.388 e. The number of nitrogens with zero attached hydrogens (tertiary/aromatic N) is 2. The number of hydrogen-bond acceptors (Lipinski definition) is 2. The molecule has 3 N–H and O–H groups in total. The van der Waals surface area contributed by atoms with Crippen molar-refractivity contribution in [1.82, 2.24) is 9.80 Å². The maximum atomic E-state index is 11.6. The first-order valence-electron chi connectivity index (χ1n) is 4.67. The second-order valence-corrected chi connectivity index (χ2v) is 3.74. The van der Waals surface area contributed by atoms with Gasteiger partial charge >= 0.3 is 6.03 Å². The summed E-state index contributed by atoms with van der Waals surface area (Å²) in [6.45, 7) is 4.40. The van der Waals surface area contributed by atoms with Gasteiger partial charge in [0, 0.05) is 33.1 Å². The van der Waals surface area contributed by atoms with Crippen LogP contribution in [0.4, 0.5) is 4.79 Å². The maximum absolute atomic E-state index is 11.6. The lowest BCUT2D eigenvalue weighted by Gasteiger charge is -2.29. The Morgan fingerprint density at radius 2 is 1.93 bits per heavy atom. The van der Waals surface area contributed by atoms with Crippen LogP contribution >= 0.6 is 0 Å². The molecule has 0 aromatic heterocycles. The molecule has 0 aliphatic rings. The van der Waals surface area contributed by atoms with Crippen LogP contribution in [0.1, 0.15) is 20.3 Å². The maximum Gasteiger partial charge on any atom is 0.319 e. The van der Waals surface area contributed by atoms with Crippen LogP contribution in [-0.4, -0.2) is 48.3 Å². The Bertz CT molecular complexity index is 213. The average molecular weight is 200 g/mol. The van der Waals surface area contributed by atoms with Crippen molar-refractivity contribution >= 4 is 11.9 Å². The number of amidine groups is 1. The molecule has 5 nitrogen and oxygen atoms in total. The number of rotatable bonds is 4. The number of hydrogen-bond donors (Lipinski definition) is 2. The third-order valence-corrected chi connectivity index (χ3v) is 1.87. The predicted octanol–water partition coefficient (Wildman–Crippen LogP) is 0.704. The summed E-state index contributed by atoms with van der Waals surface area (Å²) in [6.07, 6.45) is 0.428. The highest BCUT2D eigenvalue weighted by Crippen LogP contribution is 2.03. The van der Waals surface area contributed by atoms with Crippen molar-refractivity contribution in [1.29, 1.82) is 5.41 Å². The van der Waals surface area contributed by atoms with Crippen LogP contribution in [0.2, 0.25) is 0 Å². The van der Waals surface area contributed by atoms with E-state index in [0.717, 1.165) is 0 Å². The molecule has 0 rings (SSSR count). The van der Waals surface area contributed by atoms with E-state index in [1.807, 2.05) is 13.8 Å². The first kappa shape index (κ1) is 12.7. The van der Waals surface area contributed by atoms with E-state index in [4.69, 9.17) is 11.1 Å². The summed E-state index contributed by atoms with van der Waals surface area (Å²) in [6, 6.07) is 0.0884. The molecule has 0 bridgehead atoms. The van der Waals surface area contributed by atoms with Crippen LogP contribution in [0.3, 0.4) is 0 Å². The Morgan fingerprint density at radius 1 is 1.43 bits per heavy atom. The molecule has 0 fully saturated rings. The highest BCUT2D eigenvalue weighted by molar-refractivity contribution is 5.78. The zero-order valence-electron chi connectivity index (χ0n) is 9.37. The first-order chi connectivity index (χ1) is 6.36. The zero-order valence-corrected chi connectivity index (χ0v) is 9.37. The van der Waals surface area contributed by atoms with Crippen molar-refractivity contribution in [2.45, 2.75) is 26.3 Å². The number of carbonyl (C=O) groups is 1. The molecule has 0 aliphatic carbocycles. The van der Waals surface area contributed by atoms with Gasteiger partial charge in [-0.2, -0.15) is 0 Å². The summed E-state index contributed by atoms with van der Waals surface area (Å²) in [5.41, 5.74) is 5.25. The standard InChI is InChI=1S/C9H20N4O/c1-7(2)13(6-5-8(10)11)9(14)12(3)4/h7H,5-6H2,1-4H3,(H3,10,11). The van der Waals surface area contributed by atoms with E-state index in [2.05, 4.69) is 0 Å². The van der Waals surface area contributed by atoms with E-state index >= 15 is 0 Å². The van der Waals surface area contributed by atoms with Gasteiger partial charge in [0.15, 0.2) is 0 Å². The lowest BCUT2D eigenvalue weighted by Crippen LogP contribution is -2.44. The van der Waals surface area contributed by atoms with Crippen molar-refractivity contribution in [3.8, 4) is 0 Å². The summed E-state index contributed by atoms with van der Waals surface area (Å²) in [5.74, 6) is 0.113. The highest BCUT2D eigenvalue weighted by Gasteiger charge is 2.17. The number of urea groups is 1. The Labute approximate surface area is 85.4 Å². The summed E-state index contributed by atoms with van der Waals surface area (Å²) < 4.78 is 0. The van der Waals surface area contributed by atoms with Gasteiger partial charge in [-0.25, -0.2) is 4.79 Å². The normalized spacial score (nSPS) is 10.1. The van der Waals surface area contributed by atoms with Crippen molar-refractivity contribution in [2.24, 2.45) is 5.73 Å². The third-order valence-electron chi connectivity index (χ3n) is 1.87. The Morgan fingerprint density at radius 3 is 2.21 bits per heavy atom. The number of nitrogens with one attached hydrogen (secondary N) is 1. The van der Waals surface area contributed by atoms with Crippen LogP contribution in [0.5, 0.6) is 0 Å². The monoisotopic (exact) mass is 200 g/mol. The van der Waals surface area contributed by atoms with Gasteiger partial charge in [-0.3, -0.25) is 5.41 Å². The molecule has 0 unspecified atom stereocenters. The molecular formula is C9H20N4O. The fourth-order valence-electron chi connectivity index (χ4n) is 1.07. The first-order valence-corrected chi connectivity index (χ1v) is 4.67. The molecule has 0 radical (unpaired) electrons. The van der Waals surface area contributed by atoms with E-state index in [1.54, 1.807) is 19.0 Å². The van der Waals surface area contributed by atoms with Crippen molar-refractivity contribution in [3.05, 3.63) is 0 Å². The van der Waals surface area contributed by atoms with Crippen LogP contribution in [0, 0.1) is 5.41 Å². The third kappa shape index (κ3) is 4.11. The van der Waals surface area contributed by atoms with Gasteiger partial charge < -0.3 is 15.5 Å². The molecule has 0 saturated heterocycles. The van der Waals surface area contributed by atoms with Gasteiger partial charge in [0.2, 0.25) is 0 Å². The van der Waals surface area contributed by atoms with Gasteiger partial charge in [0.25, 0.3) is 0 Å². The lowest BCUT2D eigenvalue weighted by molar-refractivity contribution is 0.159. The molecule has 0 atom stereocenters. The second-order valence-electron chi connectivity index (χ2n) is 3.74. The van der Waals surface area contributed by atoms with E-state index in [1.165, 1.54) is 4.90 Å². The molecule has 5 heteroatoms. The molecule has 0 spiro atoms. The number of nitrogens with two attached hydrogens (primary N) is 1. The molecule has 0 heterocycles. The van der Waals surface area contributed by atoms with E-state index in [0.29, 0.717) is 13.0 Å². The minimum absolute atomic E-state index is 0.0405. The Kier molecular flexibility index (Phi) is 4.97. The molecule has 14 heavy (non-hydrogen) atoms. The van der Waals surface area contributed by atoms with Crippen LogP contribution in [0.25, 0.3) is 0 Å². The second kappa shape index (κ2) is 5.47. The quantitative estimate of drug-likeness (QED) is 0.518. The van der Waals surface area contributed by atoms with E-state index < -0.39 is 0 Å². The summed E-state index contributed by atoms with van der Waals surface area (Å²) in [7, 11) is 3.43. The molecule has 0 saturated carbocycles. The van der Waals surface area contributed by atoms with Crippen LogP contribution in [-0.2, 0) is 0 Å². The fraction of sp³-hybridized carbons (Fsp3) is 0.778. The van der Waals surface area contributed by atoms with E-state index in [-0.39, 0.29) is 17.9 Å². The number of amides is 2. The average Bonchev–Trinajstić information content (AvgIpc) is 2.02. The van der Waals surface area contributed by atoms with Gasteiger partial charge in [-0.1, -0.05) is 0 Å². The Balaban J connectivity index is 4.29. The predicted molar refractivity (Wildman–Crippen MR) is 57.5 cm³/mol.